The molecule has 0 aromatic carbocycles. The first-order valence-electron chi connectivity index (χ1n) is 6.64. The van der Waals surface area contributed by atoms with Crippen LogP contribution in [0.25, 0.3) is 0 Å². The highest BCUT2D eigenvalue weighted by Gasteiger charge is 2.00. The monoisotopic (exact) mass is 280 g/mol. The first-order valence-corrected chi connectivity index (χ1v) is 6.64. The third-order valence-corrected chi connectivity index (χ3v) is 2.89. The number of nitrogens with one attached hydrogen (secondary N) is 1. The number of nitrogens with zero attached hydrogens (tertiary/aromatic N) is 1. The van der Waals surface area contributed by atoms with E-state index in [0.29, 0.717) is 18.7 Å². The highest BCUT2D eigenvalue weighted by atomic mass is 16.5. The molecule has 0 unspecified atom stereocenters. The molecule has 0 aliphatic carbocycles. The molecule has 0 bridgehead atoms. The van der Waals surface area contributed by atoms with Gasteiger partial charge in [-0.2, -0.15) is 0 Å². The third kappa shape index (κ3) is 5.26. The zero-order valence-corrected chi connectivity index (χ0v) is 11.7. The number of aromatic amines is 1. The SMILES string of the molecule is C=CC(=O)OCCCCCCn1cc(C)c(=O)[nH]c1=O. The maximum atomic E-state index is 11.5. The molecule has 0 saturated carbocycles. The van der Waals surface area contributed by atoms with E-state index in [2.05, 4.69) is 11.6 Å². The summed E-state index contributed by atoms with van der Waals surface area (Å²) in [6, 6.07) is 0. The molecule has 20 heavy (non-hydrogen) atoms. The lowest BCUT2D eigenvalue weighted by Crippen LogP contribution is -2.30. The number of ether oxygens (including phenoxy) is 1. The normalized spacial score (nSPS) is 10.2. The average Bonchev–Trinajstić information content (AvgIpc) is 2.42. The molecule has 0 radical (unpaired) electrons. The number of aromatic nitrogens is 2. The number of aryl methyl sites for hydroxylation is 2. The second-order valence-corrected chi connectivity index (χ2v) is 4.55. The molecule has 0 aliphatic heterocycles. The maximum absolute atomic E-state index is 11.5. The van der Waals surface area contributed by atoms with Crippen molar-refractivity contribution < 1.29 is 9.53 Å². The number of unbranched alkanes of at least 4 members (excludes halogenated alkanes) is 3. The van der Waals surface area contributed by atoms with Crippen molar-refractivity contribution in [2.75, 3.05) is 6.61 Å². The van der Waals surface area contributed by atoms with Gasteiger partial charge in [0.15, 0.2) is 0 Å². The maximum Gasteiger partial charge on any atom is 0.330 e. The molecule has 1 aromatic heterocycles. The van der Waals surface area contributed by atoms with E-state index in [0.717, 1.165) is 31.8 Å². The standard InChI is InChI=1S/C14H20N2O4/c1-3-12(17)20-9-7-5-4-6-8-16-10-11(2)13(18)15-14(16)19/h3,10H,1,4-9H2,2H3,(H,15,18,19). The molecule has 0 saturated heterocycles. The zero-order valence-electron chi connectivity index (χ0n) is 11.7. The predicted molar refractivity (Wildman–Crippen MR) is 75.7 cm³/mol. The number of hydrogen-bond acceptors (Lipinski definition) is 4. The molecule has 0 amide bonds. The van der Waals surface area contributed by atoms with Crippen LogP contribution in [-0.4, -0.2) is 22.1 Å². The summed E-state index contributed by atoms with van der Waals surface area (Å²) in [5.41, 5.74) is -0.184. The van der Waals surface area contributed by atoms with E-state index in [4.69, 9.17) is 4.74 Å². The Labute approximate surface area is 117 Å². The van der Waals surface area contributed by atoms with Crippen LogP contribution >= 0.6 is 0 Å². The van der Waals surface area contributed by atoms with Gasteiger partial charge in [0.2, 0.25) is 0 Å². The summed E-state index contributed by atoms with van der Waals surface area (Å²) in [6.45, 7) is 5.95. The van der Waals surface area contributed by atoms with Crippen LogP contribution in [0.1, 0.15) is 31.2 Å². The second-order valence-electron chi connectivity index (χ2n) is 4.55. The van der Waals surface area contributed by atoms with E-state index in [9.17, 15) is 14.4 Å². The molecule has 1 rings (SSSR count). The Balaban J connectivity index is 2.23. The van der Waals surface area contributed by atoms with Crippen LogP contribution in [0.4, 0.5) is 0 Å². The van der Waals surface area contributed by atoms with E-state index in [1.165, 1.54) is 4.57 Å². The van der Waals surface area contributed by atoms with Gasteiger partial charge in [-0.25, -0.2) is 9.59 Å². The van der Waals surface area contributed by atoms with Crippen molar-refractivity contribution >= 4 is 5.97 Å². The molecule has 6 nitrogen and oxygen atoms in total. The largest absolute Gasteiger partial charge is 0.463 e. The van der Waals surface area contributed by atoms with Gasteiger partial charge in [-0.3, -0.25) is 9.78 Å². The van der Waals surface area contributed by atoms with Gasteiger partial charge >= 0.3 is 11.7 Å². The molecule has 0 spiro atoms. The molecule has 6 heteroatoms. The fourth-order valence-electron chi connectivity index (χ4n) is 1.75. The van der Waals surface area contributed by atoms with E-state index < -0.39 is 5.97 Å². The van der Waals surface area contributed by atoms with Gasteiger partial charge in [0.1, 0.15) is 0 Å². The van der Waals surface area contributed by atoms with Crippen molar-refractivity contribution in [3.05, 3.63) is 45.3 Å². The molecule has 1 N–H and O–H groups in total. The Kier molecular flexibility index (Phi) is 6.49. The van der Waals surface area contributed by atoms with Gasteiger partial charge in [-0.05, 0) is 26.2 Å². The lowest BCUT2D eigenvalue weighted by atomic mass is 10.2. The highest BCUT2D eigenvalue weighted by Crippen LogP contribution is 2.02. The molecule has 0 atom stereocenters. The zero-order chi connectivity index (χ0) is 15.0. The predicted octanol–water partition coefficient (Wildman–Crippen LogP) is 1.13. The van der Waals surface area contributed by atoms with E-state index in [1.54, 1.807) is 13.1 Å². The van der Waals surface area contributed by atoms with E-state index >= 15 is 0 Å². The Morgan fingerprint density at radius 2 is 2.05 bits per heavy atom. The van der Waals surface area contributed by atoms with E-state index in [1.807, 2.05) is 0 Å². The van der Waals surface area contributed by atoms with Gasteiger partial charge < -0.3 is 9.30 Å². The summed E-state index contributed by atoms with van der Waals surface area (Å²) in [4.78, 5) is 35.8. The summed E-state index contributed by atoms with van der Waals surface area (Å²) in [6.07, 6.45) is 6.19. The lowest BCUT2D eigenvalue weighted by Gasteiger charge is -2.06. The molecule has 0 fully saturated rings. The van der Waals surface area contributed by atoms with Crippen LogP contribution < -0.4 is 11.2 Å². The van der Waals surface area contributed by atoms with Gasteiger partial charge in [-0.1, -0.05) is 13.0 Å². The van der Waals surface area contributed by atoms with Gasteiger partial charge in [-0.15, -0.1) is 0 Å². The summed E-state index contributed by atoms with van der Waals surface area (Å²) in [5, 5.41) is 0. The van der Waals surface area contributed by atoms with Crippen LogP contribution in [-0.2, 0) is 16.1 Å². The number of carbonyl (C=O) groups is 1. The summed E-state index contributed by atoms with van der Waals surface area (Å²) in [7, 11) is 0. The Bertz CT molecular complexity index is 571. The minimum atomic E-state index is -0.403. The highest BCUT2D eigenvalue weighted by molar-refractivity contribution is 5.81. The van der Waals surface area contributed by atoms with Crippen LogP contribution in [0.3, 0.4) is 0 Å². The fraction of sp³-hybridized carbons (Fsp3) is 0.500. The first kappa shape index (κ1) is 15.9. The number of H-pyrrole nitrogens is 1. The van der Waals surface area contributed by atoms with Crippen LogP contribution in [0.5, 0.6) is 0 Å². The van der Waals surface area contributed by atoms with Crippen molar-refractivity contribution in [3.8, 4) is 0 Å². The lowest BCUT2D eigenvalue weighted by molar-refractivity contribution is -0.137. The molecule has 1 aromatic rings. The van der Waals surface area contributed by atoms with Gasteiger partial charge in [0.25, 0.3) is 5.56 Å². The summed E-state index contributed by atoms with van der Waals surface area (Å²) < 4.78 is 6.36. The molecular formula is C14H20N2O4. The van der Waals surface area contributed by atoms with Gasteiger partial charge in [0.05, 0.1) is 6.61 Å². The summed E-state index contributed by atoms with van der Waals surface area (Å²) in [5.74, 6) is -0.403. The first-order chi connectivity index (χ1) is 9.54. The quantitative estimate of drug-likeness (QED) is 0.440. The fourth-order valence-corrected chi connectivity index (χ4v) is 1.75. The average molecular weight is 280 g/mol. The van der Waals surface area contributed by atoms with Crippen molar-refractivity contribution in [1.29, 1.82) is 0 Å². The Morgan fingerprint density at radius 1 is 1.35 bits per heavy atom. The van der Waals surface area contributed by atoms with Crippen molar-refractivity contribution in [3.63, 3.8) is 0 Å². The third-order valence-electron chi connectivity index (χ3n) is 2.89. The topological polar surface area (TPSA) is 81.2 Å². The summed E-state index contributed by atoms with van der Waals surface area (Å²) >= 11 is 0. The van der Waals surface area contributed by atoms with Crippen LogP contribution in [0, 0.1) is 6.92 Å². The number of hydrogen-bond donors (Lipinski definition) is 1. The van der Waals surface area contributed by atoms with Crippen molar-refractivity contribution in [2.45, 2.75) is 39.2 Å². The van der Waals surface area contributed by atoms with Crippen LogP contribution in [0.15, 0.2) is 28.4 Å². The molecule has 110 valence electrons. The second kappa shape index (κ2) is 8.14. The molecular weight excluding hydrogens is 260 g/mol. The Hall–Kier alpha value is -2.11. The number of esters is 1. The minimum Gasteiger partial charge on any atom is -0.463 e. The Morgan fingerprint density at radius 3 is 2.75 bits per heavy atom. The molecule has 0 aliphatic rings. The number of rotatable bonds is 8. The van der Waals surface area contributed by atoms with Crippen molar-refractivity contribution in [2.24, 2.45) is 0 Å². The van der Waals surface area contributed by atoms with Gasteiger partial charge in [0, 0.05) is 24.4 Å². The van der Waals surface area contributed by atoms with E-state index in [-0.39, 0.29) is 11.2 Å². The molecule has 1 heterocycles. The van der Waals surface area contributed by atoms with Crippen LogP contribution in [0.2, 0.25) is 0 Å². The smallest absolute Gasteiger partial charge is 0.330 e. The number of carbonyl (C=O) groups excluding carboxylic acids is 1. The van der Waals surface area contributed by atoms with Crippen molar-refractivity contribution in [1.82, 2.24) is 9.55 Å². The minimum absolute atomic E-state index is 0.338.